The van der Waals surface area contributed by atoms with Crippen LogP contribution in [0.3, 0.4) is 0 Å². The van der Waals surface area contributed by atoms with Gasteiger partial charge in [0.1, 0.15) is 0 Å². The van der Waals surface area contributed by atoms with Gasteiger partial charge in [0.25, 0.3) is 0 Å². The number of hydrogen-bond acceptors (Lipinski definition) is 4. The van der Waals surface area contributed by atoms with Crippen molar-refractivity contribution in [1.82, 2.24) is 5.43 Å². The molecule has 0 atom stereocenters. The quantitative estimate of drug-likeness (QED) is 0.322. The number of benzene rings is 1. The Kier molecular flexibility index (Phi) is 7.06. The molecular weight excluding hydrogens is 240 g/mol. The largest absolute Gasteiger partial charge is 0.371 e. The van der Waals surface area contributed by atoms with E-state index in [0.29, 0.717) is 19.4 Å². The molecule has 19 heavy (non-hydrogen) atoms. The first-order valence-corrected chi connectivity index (χ1v) is 6.44. The Morgan fingerprint density at radius 2 is 2.00 bits per heavy atom. The Morgan fingerprint density at radius 3 is 2.63 bits per heavy atom. The van der Waals surface area contributed by atoms with Crippen molar-refractivity contribution in [3.63, 3.8) is 0 Å². The predicted molar refractivity (Wildman–Crippen MR) is 75.1 cm³/mol. The number of amides is 1. The molecule has 0 saturated carbocycles. The number of rotatable bonds is 8. The first kappa shape index (κ1) is 15.0. The lowest BCUT2D eigenvalue weighted by molar-refractivity contribution is -0.121. The highest BCUT2D eigenvalue weighted by Crippen LogP contribution is 2.14. The third-order valence-corrected chi connectivity index (χ3v) is 2.86. The fourth-order valence-electron chi connectivity index (χ4n) is 1.85. The Morgan fingerprint density at radius 1 is 1.26 bits per heavy atom. The van der Waals surface area contributed by atoms with E-state index >= 15 is 0 Å². The van der Waals surface area contributed by atoms with Crippen LogP contribution in [0.4, 0.5) is 5.69 Å². The number of carbonyl (C=O) groups excluding carboxylic acids is 1. The highest BCUT2D eigenvalue weighted by Gasteiger charge is 2.06. The summed E-state index contributed by atoms with van der Waals surface area (Å²) < 4.78 is 0. The summed E-state index contributed by atoms with van der Waals surface area (Å²) in [7, 11) is 0. The molecule has 0 unspecified atom stereocenters. The van der Waals surface area contributed by atoms with E-state index < -0.39 is 0 Å². The van der Waals surface area contributed by atoms with E-state index in [2.05, 4.69) is 16.4 Å². The van der Waals surface area contributed by atoms with Crippen LogP contribution in [0, 0.1) is 11.3 Å². The van der Waals surface area contributed by atoms with E-state index in [1.807, 2.05) is 30.3 Å². The number of nitrogens with two attached hydrogens (primary N) is 1. The first-order valence-electron chi connectivity index (χ1n) is 6.44. The molecule has 1 aromatic carbocycles. The second kappa shape index (κ2) is 8.95. The van der Waals surface area contributed by atoms with Crippen LogP contribution in [0.5, 0.6) is 0 Å². The Labute approximate surface area is 114 Å². The molecule has 0 aliphatic rings. The number of hydrazine groups is 1. The fraction of sp³-hybridized carbons (Fsp3) is 0.429. The van der Waals surface area contributed by atoms with Crippen LogP contribution in [0.15, 0.2) is 30.3 Å². The van der Waals surface area contributed by atoms with Crippen molar-refractivity contribution >= 4 is 11.6 Å². The van der Waals surface area contributed by atoms with Crippen LogP contribution in [-0.4, -0.2) is 19.0 Å². The monoisotopic (exact) mass is 260 g/mol. The third kappa shape index (κ3) is 5.89. The fourth-order valence-corrected chi connectivity index (χ4v) is 1.85. The van der Waals surface area contributed by atoms with Crippen molar-refractivity contribution in [1.29, 1.82) is 5.26 Å². The van der Waals surface area contributed by atoms with Crippen molar-refractivity contribution < 1.29 is 4.79 Å². The van der Waals surface area contributed by atoms with Gasteiger partial charge in [-0.3, -0.25) is 10.2 Å². The molecule has 5 nitrogen and oxygen atoms in total. The average Bonchev–Trinajstić information content (AvgIpc) is 2.47. The Balaban J connectivity index is 2.43. The molecule has 1 rings (SSSR count). The number of anilines is 1. The molecule has 0 fully saturated rings. The van der Waals surface area contributed by atoms with Crippen LogP contribution in [-0.2, 0) is 4.79 Å². The second-order valence-corrected chi connectivity index (χ2v) is 4.26. The van der Waals surface area contributed by atoms with E-state index in [4.69, 9.17) is 11.1 Å². The number of para-hydroxylation sites is 1. The molecular formula is C14H20N4O. The summed E-state index contributed by atoms with van der Waals surface area (Å²) in [6, 6.07) is 12.2. The molecule has 0 aromatic heterocycles. The number of nitrogens with one attached hydrogen (secondary N) is 1. The van der Waals surface area contributed by atoms with Gasteiger partial charge in [0, 0.05) is 25.2 Å². The Hall–Kier alpha value is -2.06. The van der Waals surface area contributed by atoms with E-state index in [0.717, 1.165) is 25.1 Å². The molecule has 5 heteroatoms. The summed E-state index contributed by atoms with van der Waals surface area (Å²) in [6.45, 7) is 1.55. The summed E-state index contributed by atoms with van der Waals surface area (Å²) >= 11 is 0. The van der Waals surface area contributed by atoms with Gasteiger partial charge in [-0.1, -0.05) is 18.2 Å². The number of nitriles is 1. The summed E-state index contributed by atoms with van der Waals surface area (Å²) in [5.41, 5.74) is 3.24. The SMILES string of the molecule is N#CCCN(CCCCC(=O)NN)c1ccccc1. The van der Waals surface area contributed by atoms with Crippen molar-refractivity contribution in [2.75, 3.05) is 18.0 Å². The minimum absolute atomic E-state index is 0.136. The van der Waals surface area contributed by atoms with Crippen LogP contribution in [0.2, 0.25) is 0 Å². The maximum absolute atomic E-state index is 11.0. The topological polar surface area (TPSA) is 82.2 Å². The van der Waals surface area contributed by atoms with Crippen molar-refractivity contribution in [2.45, 2.75) is 25.7 Å². The molecule has 0 bridgehead atoms. The standard InChI is InChI=1S/C14H20N4O/c15-10-6-12-18(13-7-2-1-3-8-13)11-5-4-9-14(19)17-16/h1-3,7-8H,4-6,9,11-12,16H2,(H,17,19). The molecule has 0 radical (unpaired) electrons. The molecule has 3 N–H and O–H groups in total. The van der Waals surface area contributed by atoms with Crippen molar-refractivity contribution in [2.24, 2.45) is 5.84 Å². The van der Waals surface area contributed by atoms with Crippen LogP contribution in [0.1, 0.15) is 25.7 Å². The predicted octanol–water partition coefficient (Wildman–Crippen LogP) is 1.57. The molecule has 0 saturated heterocycles. The first-order chi connectivity index (χ1) is 9.27. The van der Waals surface area contributed by atoms with Crippen molar-refractivity contribution in [3.8, 4) is 6.07 Å². The van der Waals surface area contributed by atoms with Crippen LogP contribution >= 0.6 is 0 Å². The molecule has 0 aliphatic carbocycles. The van der Waals surface area contributed by atoms with Gasteiger partial charge >= 0.3 is 0 Å². The zero-order chi connectivity index (χ0) is 13.9. The lowest BCUT2D eigenvalue weighted by atomic mass is 10.2. The molecule has 1 amide bonds. The summed E-state index contributed by atoms with van der Waals surface area (Å²) in [6.07, 6.45) is 2.63. The zero-order valence-corrected chi connectivity index (χ0v) is 11.0. The maximum Gasteiger partial charge on any atom is 0.233 e. The van der Waals surface area contributed by atoms with Gasteiger partial charge in [0.15, 0.2) is 0 Å². The smallest absolute Gasteiger partial charge is 0.233 e. The average molecular weight is 260 g/mol. The summed E-state index contributed by atoms with van der Waals surface area (Å²) in [4.78, 5) is 13.2. The van der Waals surface area contributed by atoms with Gasteiger partial charge in [-0.05, 0) is 25.0 Å². The highest BCUT2D eigenvalue weighted by atomic mass is 16.2. The normalized spacial score (nSPS) is 9.68. The summed E-state index contributed by atoms with van der Waals surface area (Å²) in [5.74, 6) is 4.89. The van der Waals surface area contributed by atoms with Gasteiger partial charge in [-0.2, -0.15) is 5.26 Å². The lowest BCUT2D eigenvalue weighted by Gasteiger charge is -2.23. The number of nitrogens with zero attached hydrogens (tertiary/aromatic N) is 2. The minimum atomic E-state index is -0.136. The van der Waals surface area contributed by atoms with Gasteiger partial charge in [0.2, 0.25) is 5.91 Å². The number of hydrogen-bond donors (Lipinski definition) is 2. The molecule has 1 aromatic rings. The van der Waals surface area contributed by atoms with Gasteiger partial charge in [0.05, 0.1) is 12.5 Å². The maximum atomic E-state index is 11.0. The van der Waals surface area contributed by atoms with Gasteiger partial charge in [-0.25, -0.2) is 5.84 Å². The number of carbonyl (C=O) groups is 1. The zero-order valence-electron chi connectivity index (χ0n) is 11.0. The van der Waals surface area contributed by atoms with E-state index in [9.17, 15) is 4.79 Å². The molecule has 0 heterocycles. The van der Waals surface area contributed by atoms with E-state index in [-0.39, 0.29) is 5.91 Å². The number of unbranched alkanes of at least 4 members (excludes halogenated alkanes) is 1. The lowest BCUT2D eigenvalue weighted by Crippen LogP contribution is -2.30. The molecule has 102 valence electrons. The van der Waals surface area contributed by atoms with Crippen LogP contribution in [0.25, 0.3) is 0 Å². The third-order valence-electron chi connectivity index (χ3n) is 2.86. The Bertz CT molecular complexity index is 413. The van der Waals surface area contributed by atoms with E-state index in [1.54, 1.807) is 0 Å². The minimum Gasteiger partial charge on any atom is -0.371 e. The molecule has 0 spiro atoms. The van der Waals surface area contributed by atoms with Crippen molar-refractivity contribution in [3.05, 3.63) is 30.3 Å². The van der Waals surface area contributed by atoms with E-state index in [1.165, 1.54) is 0 Å². The highest BCUT2D eigenvalue weighted by molar-refractivity contribution is 5.75. The second-order valence-electron chi connectivity index (χ2n) is 4.26. The van der Waals surface area contributed by atoms with Gasteiger partial charge < -0.3 is 4.90 Å². The van der Waals surface area contributed by atoms with Gasteiger partial charge in [-0.15, -0.1) is 0 Å². The molecule has 0 aliphatic heterocycles. The van der Waals surface area contributed by atoms with Crippen LogP contribution < -0.4 is 16.2 Å². The summed E-state index contributed by atoms with van der Waals surface area (Å²) in [5, 5.41) is 8.69.